The molecule has 4 heteroatoms. The van der Waals surface area contributed by atoms with Gasteiger partial charge >= 0.3 is 5.97 Å². The Bertz CT molecular complexity index is 476. The Morgan fingerprint density at radius 1 is 1.47 bits per heavy atom. The molecule has 2 aliphatic heterocycles. The molecule has 2 fully saturated rings. The van der Waals surface area contributed by atoms with Crippen LogP contribution in [-0.4, -0.2) is 40.8 Å². The SMILES string of the molecule is COC(=O)C12CCC(CC1O)N2Cc1ccccc1. The topological polar surface area (TPSA) is 49.8 Å². The number of carbonyl (C=O) groups is 1. The number of benzene rings is 1. The van der Waals surface area contributed by atoms with Crippen molar-refractivity contribution < 1.29 is 14.6 Å². The third-order valence-electron chi connectivity index (χ3n) is 4.59. The van der Waals surface area contributed by atoms with Crippen molar-refractivity contribution in [2.75, 3.05) is 7.11 Å². The van der Waals surface area contributed by atoms with Crippen LogP contribution < -0.4 is 0 Å². The Kier molecular flexibility index (Phi) is 3.07. The smallest absolute Gasteiger partial charge is 0.329 e. The number of fused-ring (bicyclic) bond motifs is 2. The Hall–Kier alpha value is -1.39. The number of hydrogen-bond acceptors (Lipinski definition) is 4. The maximum Gasteiger partial charge on any atom is 0.329 e. The molecule has 0 radical (unpaired) electrons. The van der Waals surface area contributed by atoms with Crippen molar-refractivity contribution >= 4 is 5.97 Å². The average Bonchev–Trinajstić information content (AvgIpc) is 2.91. The molecule has 1 N–H and O–H groups in total. The van der Waals surface area contributed by atoms with E-state index < -0.39 is 11.6 Å². The van der Waals surface area contributed by atoms with Crippen molar-refractivity contribution in [2.24, 2.45) is 0 Å². The lowest BCUT2D eigenvalue weighted by molar-refractivity contribution is -0.158. The fraction of sp³-hybridized carbons (Fsp3) is 0.533. The fourth-order valence-electron chi connectivity index (χ4n) is 3.65. The fourth-order valence-corrected chi connectivity index (χ4v) is 3.65. The van der Waals surface area contributed by atoms with Gasteiger partial charge in [-0.2, -0.15) is 0 Å². The molecule has 2 aliphatic rings. The zero-order valence-electron chi connectivity index (χ0n) is 11.1. The average molecular weight is 261 g/mol. The molecule has 0 aliphatic carbocycles. The number of esters is 1. The molecule has 4 nitrogen and oxygen atoms in total. The summed E-state index contributed by atoms with van der Waals surface area (Å²) in [7, 11) is 1.40. The van der Waals surface area contributed by atoms with Crippen LogP contribution in [0.4, 0.5) is 0 Å². The molecule has 1 aromatic carbocycles. The number of rotatable bonds is 3. The lowest BCUT2D eigenvalue weighted by Crippen LogP contribution is -2.54. The van der Waals surface area contributed by atoms with Gasteiger partial charge in [0.15, 0.2) is 0 Å². The van der Waals surface area contributed by atoms with Crippen LogP contribution in [-0.2, 0) is 16.1 Å². The Morgan fingerprint density at radius 2 is 2.21 bits per heavy atom. The largest absolute Gasteiger partial charge is 0.468 e. The third-order valence-corrected chi connectivity index (χ3v) is 4.59. The van der Waals surface area contributed by atoms with Gasteiger partial charge < -0.3 is 9.84 Å². The highest BCUT2D eigenvalue weighted by molar-refractivity contribution is 5.83. The van der Waals surface area contributed by atoms with Crippen molar-refractivity contribution in [3.05, 3.63) is 35.9 Å². The molecule has 3 rings (SSSR count). The minimum Gasteiger partial charge on any atom is -0.468 e. The van der Waals surface area contributed by atoms with Crippen LogP contribution >= 0.6 is 0 Å². The molecule has 0 amide bonds. The molecule has 0 aromatic heterocycles. The highest BCUT2D eigenvalue weighted by Gasteiger charge is 2.62. The molecule has 0 saturated carbocycles. The molecule has 3 atom stereocenters. The second-order valence-corrected chi connectivity index (χ2v) is 5.47. The molecular formula is C15H19NO3. The maximum atomic E-state index is 12.2. The van der Waals surface area contributed by atoms with Crippen molar-refractivity contribution in [2.45, 2.75) is 43.5 Å². The summed E-state index contributed by atoms with van der Waals surface area (Å²) in [4.78, 5) is 14.3. The predicted octanol–water partition coefficient (Wildman–Crippen LogP) is 1.33. The molecule has 0 spiro atoms. The van der Waals surface area contributed by atoms with Gasteiger partial charge in [0, 0.05) is 12.6 Å². The minimum atomic E-state index is -0.824. The number of carbonyl (C=O) groups excluding carboxylic acids is 1. The first-order chi connectivity index (χ1) is 9.18. The van der Waals surface area contributed by atoms with Crippen molar-refractivity contribution in [1.29, 1.82) is 0 Å². The van der Waals surface area contributed by atoms with Crippen LogP contribution in [0.3, 0.4) is 0 Å². The molecule has 102 valence electrons. The number of methoxy groups -OCH3 is 1. The van der Waals surface area contributed by atoms with E-state index >= 15 is 0 Å². The van der Waals surface area contributed by atoms with Crippen LogP contribution in [0.5, 0.6) is 0 Å². The van der Waals surface area contributed by atoms with E-state index in [4.69, 9.17) is 4.74 Å². The molecule has 2 bridgehead atoms. The Balaban J connectivity index is 1.90. The summed E-state index contributed by atoms with van der Waals surface area (Å²) in [6.07, 6.45) is 1.71. The van der Waals surface area contributed by atoms with Gasteiger partial charge in [0.25, 0.3) is 0 Å². The van der Waals surface area contributed by atoms with Gasteiger partial charge in [-0.15, -0.1) is 0 Å². The van der Waals surface area contributed by atoms with Crippen molar-refractivity contribution in [3.8, 4) is 0 Å². The van der Waals surface area contributed by atoms with E-state index in [1.165, 1.54) is 7.11 Å². The molecule has 19 heavy (non-hydrogen) atoms. The highest BCUT2D eigenvalue weighted by Crippen LogP contribution is 2.47. The van der Waals surface area contributed by atoms with Crippen LogP contribution in [0.2, 0.25) is 0 Å². The third kappa shape index (κ3) is 1.78. The monoisotopic (exact) mass is 261 g/mol. The highest BCUT2D eigenvalue weighted by atomic mass is 16.5. The second kappa shape index (κ2) is 4.62. The second-order valence-electron chi connectivity index (χ2n) is 5.47. The quantitative estimate of drug-likeness (QED) is 0.834. The zero-order chi connectivity index (χ0) is 13.5. The van der Waals surface area contributed by atoms with E-state index in [9.17, 15) is 9.90 Å². The summed E-state index contributed by atoms with van der Waals surface area (Å²) in [5.41, 5.74) is 0.340. The van der Waals surface area contributed by atoms with E-state index in [0.717, 1.165) is 12.0 Å². The van der Waals surface area contributed by atoms with E-state index in [-0.39, 0.29) is 12.0 Å². The van der Waals surface area contributed by atoms with Crippen LogP contribution in [0.1, 0.15) is 24.8 Å². The standard InChI is InChI=1S/C15H19NO3/c1-19-14(18)15-8-7-12(9-13(15)17)16(15)10-11-5-3-2-4-6-11/h2-6,12-13,17H,7-10H2,1H3. The van der Waals surface area contributed by atoms with Crippen molar-refractivity contribution in [1.82, 2.24) is 4.90 Å². The maximum absolute atomic E-state index is 12.2. The Labute approximate surface area is 113 Å². The number of ether oxygens (including phenoxy) is 1. The zero-order valence-corrected chi connectivity index (χ0v) is 11.1. The van der Waals surface area contributed by atoms with Crippen molar-refractivity contribution in [3.63, 3.8) is 0 Å². The van der Waals surface area contributed by atoms with E-state index in [1.807, 2.05) is 18.2 Å². The summed E-state index contributed by atoms with van der Waals surface area (Å²) in [6.45, 7) is 0.692. The van der Waals surface area contributed by atoms with Crippen LogP contribution in [0.15, 0.2) is 30.3 Å². The van der Waals surface area contributed by atoms with E-state index in [2.05, 4.69) is 17.0 Å². The summed E-state index contributed by atoms with van der Waals surface area (Å²) in [5.74, 6) is -0.295. The van der Waals surface area contributed by atoms with Gasteiger partial charge in [0.05, 0.1) is 13.2 Å². The number of nitrogens with zero attached hydrogens (tertiary/aromatic N) is 1. The first-order valence-electron chi connectivity index (χ1n) is 6.75. The molecule has 3 unspecified atom stereocenters. The summed E-state index contributed by atoms with van der Waals surface area (Å²) >= 11 is 0. The molecular weight excluding hydrogens is 242 g/mol. The summed E-state index contributed by atoms with van der Waals surface area (Å²) in [6, 6.07) is 10.4. The van der Waals surface area contributed by atoms with Gasteiger partial charge in [0.1, 0.15) is 5.54 Å². The number of aliphatic hydroxyl groups is 1. The Morgan fingerprint density at radius 3 is 2.84 bits per heavy atom. The first kappa shape index (κ1) is 12.6. The van der Waals surface area contributed by atoms with Gasteiger partial charge in [-0.1, -0.05) is 30.3 Å². The van der Waals surface area contributed by atoms with Crippen LogP contribution in [0, 0.1) is 0 Å². The summed E-state index contributed by atoms with van der Waals surface area (Å²) < 4.78 is 4.95. The predicted molar refractivity (Wildman–Crippen MR) is 70.4 cm³/mol. The van der Waals surface area contributed by atoms with E-state index in [0.29, 0.717) is 19.4 Å². The minimum absolute atomic E-state index is 0.286. The number of aliphatic hydroxyl groups excluding tert-OH is 1. The van der Waals surface area contributed by atoms with Crippen LogP contribution in [0.25, 0.3) is 0 Å². The van der Waals surface area contributed by atoms with E-state index in [1.54, 1.807) is 0 Å². The molecule has 2 saturated heterocycles. The normalized spacial score (nSPS) is 33.6. The first-order valence-corrected chi connectivity index (χ1v) is 6.75. The lowest BCUT2D eigenvalue weighted by Gasteiger charge is -2.34. The number of hydrogen-bond donors (Lipinski definition) is 1. The van der Waals surface area contributed by atoms with Gasteiger partial charge in [-0.05, 0) is 24.8 Å². The molecule has 1 aromatic rings. The van der Waals surface area contributed by atoms with Gasteiger partial charge in [-0.3, -0.25) is 4.90 Å². The van der Waals surface area contributed by atoms with Gasteiger partial charge in [-0.25, -0.2) is 4.79 Å². The summed E-state index contributed by atoms with van der Waals surface area (Å²) in [5, 5.41) is 10.3. The molecule has 2 heterocycles. The lowest BCUT2D eigenvalue weighted by atomic mass is 9.85. The van der Waals surface area contributed by atoms with Gasteiger partial charge in [0.2, 0.25) is 0 Å².